The van der Waals surface area contributed by atoms with Crippen LogP contribution >= 0.6 is 0 Å². The van der Waals surface area contributed by atoms with E-state index in [-0.39, 0.29) is 17.6 Å². The standard InChI is InChI=1S/C20H17N3O2/c1-14(2)25-20(24)18-7-3-5-16(9-18)17-6-4-8-19(10-17)23-13-15(11-21)12-22/h3-10,13-14,23H,1-2H3. The molecule has 0 aliphatic rings. The van der Waals surface area contributed by atoms with Crippen LogP contribution in [0, 0.1) is 22.7 Å². The number of hydrogen-bond acceptors (Lipinski definition) is 5. The Kier molecular flexibility index (Phi) is 5.92. The molecule has 0 spiro atoms. The van der Waals surface area contributed by atoms with Gasteiger partial charge in [-0.3, -0.25) is 0 Å². The summed E-state index contributed by atoms with van der Waals surface area (Å²) in [7, 11) is 0. The second kappa shape index (κ2) is 8.33. The summed E-state index contributed by atoms with van der Waals surface area (Å²) in [6, 6.07) is 18.2. The smallest absolute Gasteiger partial charge is 0.338 e. The first-order valence-corrected chi connectivity index (χ1v) is 7.72. The minimum atomic E-state index is -0.359. The van der Waals surface area contributed by atoms with Gasteiger partial charge in [-0.1, -0.05) is 24.3 Å². The lowest BCUT2D eigenvalue weighted by atomic mass is 10.0. The minimum Gasteiger partial charge on any atom is -0.459 e. The molecule has 0 amide bonds. The van der Waals surface area contributed by atoms with Crippen molar-refractivity contribution in [2.75, 3.05) is 5.32 Å². The zero-order valence-corrected chi connectivity index (χ0v) is 14.0. The summed E-state index contributed by atoms with van der Waals surface area (Å²) in [5, 5.41) is 20.4. The normalized spacial score (nSPS) is 9.64. The molecule has 0 aliphatic carbocycles. The molecule has 124 valence electrons. The summed E-state index contributed by atoms with van der Waals surface area (Å²) in [6.07, 6.45) is 1.18. The molecule has 0 aromatic heterocycles. The fourth-order valence-electron chi connectivity index (χ4n) is 2.14. The maximum atomic E-state index is 12.0. The summed E-state index contributed by atoms with van der Waals surface area (Å²) in [5.74, 6) is -0.359. The second-order valence-corrected chi connectivity index (χ2v) is 5.54. The van der Waals surface area contributed by atoms with Crippen molar-refractivity contribution in [3.05, 3.63) is 65.9 Å². The molecule has 5 nitrogen and oxygen atoms in total. The lowest BCUT2D eigenvalue weighted by Gasteiger charge is -2.10. The molecule has 0 unspecified atom stereocenters. The highest BCUT2D eigenvalue weighted by molar-refractivity contribution is 5.91. The Balaban J connectivity index is 2.27. The van der Waals surface area contributed by atoms with Gasteiger partial charge in [-0.25, -0.2) is 4.79 Å². The Morgan fingerprint density at radius 3 is 2.36 bits per heavy atom. The third-order valence-electron chi connectivity index (χ3n) is 3.26. The summed E-state index contributed by atoms with van der Waals surface area (Å²) < 4.78 is 5.22. The average Bonchev–Trinajstić information content (AvgIpc) is 2.62. The van der Waals surface area contributed by atoms with E-state index in [1.54, 1.807) is 44.2 Å². The predicted octanol–water partition coefficient (Wildman–Crippen LogP) is 4.26. The molecule has 5 heteroatoms. The largest absolute Gasteiger partial charge is 0.459 e. The van der Waals surface area contributed by atoms with Crippen LogP contribution in [0.2, 0.25) is 0 Å². The van der Waals surface area contributed by atoms with Crippen molar-refractivity contribution in [3.63, 3.8) is 0 Å². The van der Waals surface area contributed by atoms with E-state index < -0.39 is 0 Å². The number of allylic oxidation sites excluding steroid dienone is 1. The zero-order valence-electron chi connectivity index (χ0n) is 14.0. The molecule has 0 saturated carbocycles. The van der Waals surface area contributed by atoms with Gasteiger partial charge < -0.3 is 10.1 Å². The highest BCUT2D eigenvalue weighted by Gasteiger charge is 2.10. The van der Waals surface area contributed by atoms with Gasteiger partial charge in [-0.15, -0.1) is 0 Å². The van der Waals surface area contributed by atoms with Crippen LogP contribution in [0.3, 0.4) is 0 Å². The van der Waals surface area contributed by atoms with Gasteiger partial charge in [0, 0.05) is 11.9 Å². The number of ether oxygens (including phenoxy) is 1. The number of nitriles is 2. The van der Waals surface area contributed by atoms with Gasteiger partial charge >= 0.3 is 5.97 Å². The molecule has 0 fully saturated rings. The number of anilines is 1. The van der Waals surface area contributed by atoms with Crippen LogP contribution < -0.4 is 5.32 Å². The van der Waals surface area contributed by atoms with Crippen LogP contribution in [-0.2, 0) is 4.74 Å². The maximum Gasteiger partial charge on any atom is 0.338 e. The van der Waals surface area contributed by atoms with Crippen molar-refractivity contribution in [1.29, 1.82) is 10.5 Å². The van der Waals surface area contributed by atoms with Crippen LogP contribution in [-0.4, -0.2) is 12.1 Å². The summed E-state index contributed by atoms with van der Waals surface area (Å²) in [5.41, 5.74) is 2.97. The first-order valence-electron chi connectivity index (χ1n) is 7.72. The molecule has 2 aromatic rings. The van der Waals surface area contributed by atoms with Crippen molar-refractivity contribution in [2.24, 2.45) is 0 Å². The van der Waals surface area contributed by atoms with Gasteiger partial charge in [-0.05, 0) is 49.2 Å². The van der Waals surface area contributed by atoms with Gasteiger partial charge in [0.2, 0.25) is 0 Å². The van der Waals surface area contributed by atoms with Gasteiger partial charge in [0.05, 0.1) is 11.7 Å². The lowest BCUT2D eigenvalue weighted by Crippen LogP contribution is -2.11. The van der Waals surface area contributed by atoms with E-state index >= 15 is 0 Å². The highest BCUT2D eigenvalue weighted by atomic mass is 16.5. The molecule has 0 atom stereocenters. The van der Waals surface area contributed by atoms with Gasteiger partial charge in [-0.2, -0.15) is 10.5 Å². The number of hydrogen-bond donors (Lipinski definition) is 1. The zero-order chi connectivity index (χ0) is 18.2. The third-order valence-corrected chi connectivity index (χ3v) is 3.26. The number of carbonyl (C=O) groups is 1. The first kappa shape index (κ1) is 17.8. The predicted molar refractivity (Wildman–Crippen MR) is 95.4 cm³/mol. The van der Waals surface area contributed by atoms with Crippen LogP contribution in [0.4, 0.5) is 5.69 Å². The number of carbonyl (C=O) groups excluding carboxylic acids is 1. The highest BCUT2D eigenvalue weighted by Crippen LogP contribution is 2.24. The molecule has 1 N–H and O–H groups in total. The van der Waals surface area contributed by atoms with Crippen LogP contribution in [0.1, 0.15) is 24.2 Å². The third kappa shape index (κ3) is 4.95. The van der Waals surface area contributed by atoms with Gasteiger partial charge in [0.25, 0.3) is 0 Å². The van der Waals surface area contributed by atoms with Crippen LogP contribution in [0.15, 0.2) is 60.3 Å². The van der Waals surface area contributed by atoms with E-state index in [4.69, 9.17) is 15.3 Å². The molecular weight excluding hydrogens is 314 g/mol. The van der Waals surface area contributed by atoms with E-state index in [1.807, 2.05) is 30.3 Å². The fraction of sp³-hybridized carbons (Fsp3) is 0.150. The van der Waals surface area contributed by atoms with Crippen molar-refractivity contribution >= 4 is 11.7 Å². The molecule has 0 aliphatic heterocycles. The van der Waals surface area contributed by atoms with Gasteiger partial charge in [0.1, 0.15) is 17.7 Å². The van der Waals surface area contributed by atoms with Crippen molar-refractivity contribution in [3.8, 4) is 23.3 Å². The molecule has 2 aromatic carbocycles. The molecule has 0 bridgehead atoms. The molecule has 25 heavy (non-hydrogen) atoms. The Bertz CT molecular complexity index is 870. The fourth-order valence-corrected chi connectivity index (χ4v) is 2.14. The SMILES string of the molecule is CC(C)OC(=O)c1cccc(-c2cccc(NC=C(C#N)C#N)c2)c1. The molecule has 0 radical (unpaired) electrons. The topological polar surface area (TPSA) is 85.9 Å². The number of rotatable bonds is 5. The summed E-state index contributed by atoms with van der Waals surface area (Å²) >= 11 is 0. The summed E-state index contributed by atoms with van der Waals surface area (Å²) in [6.45, 7) is 3.61. The number of esters is 1. The van der Waals surface area contributed by atoms with E-state index in [1.165, 1.54) is 6.20 Å². The van der Waals surface area contributed by atoms with E-state index in [9.17, 15) is 4.79 Å². The van der Waals surface area contributed by atoms with E-state index in [2.05, 4.69) is 5.32 Å². The quantitative estimate of drug-likeness (QED) is 0.653. The number of benzene rings is 2. The second-order valence-electron chi connectivity index (χ2n) is 5.54. The van der Waals surface area contributed by atoms with Crippen LogP contribution in [0.5, 0.6) is 0 Å². The van der Waals surface area contributed by atoms with Gasteiger partial charge in [0.15, 0.2) is 0 Å². The monoisotopic (exact) mass is 331 g/mol. The Labute approximate surface area is 146 Å². The Hall–Kier alpha value is -3.57. The summed E-state index contributed by atoms with van der Waals surface area (Å²) in [4.78, 5) is 12.0. The number of nitrogens with zero attached hydrogens (tertiary/aromatic N) is 2. The Morgan fingerprint density at radius 2 is 1.72 bits per heavy atom. The maximum absolute atomic E-state index is 12.0. The van der Waals surface area contributed by atoms with Crippen molar-refractivity contribution in [1.82, 2.24) is 0 Å². The minimum absolute atomic E-state index is 0.0103. The lowest BCUT2D eigenvalue weighted by molar-refractivity contribution is 0.0378. The molecule has 0 saturated heterocycles. The average molecular weight is 331 g/mol. The van der Waals surface area contributed by atoms with E-state index in [0.717, 1.165) is 16.8 Å². The first-order chi connectivity index (χ1) is 12.0. The molecule has 2 rings (SSSR count). The van der Waals surface area contributed by atoms with E-state index in [0.29, 0.717) is 5.56 Å². The Morgan fingerprint density at radius 1 is 1.08 bits per heavy atom. The molecule has 0 heterocycles. The molecular formula is C20H17N3O2. The van der Waals surface area contributed by atoms with Crippen molar-refractivity contribution in [2.45, 2.75) is 20.0 Å². The van der Waals surface area contributed by atoms with Crippen molar-refractivity contribution < 1.29 is 9.53 Å². The number of nitrogens with one attached hydrogen (secondary N) is 1. The van der Waals surface area contributed by atoms with Crippen LogP contribution in [0.25, 0.3) is 11.1 Å².